The van der Waals surface area contributed by atoms with E-state index in [1.807, 2.05) is 0 Å². The Kier molecular flexibility index (Phi) is 6.12. The molecule has 2 rings (SSSR count). The fourth-order valence-electron chi connectivity index (χ4n) is 2.78. The number of ether oxygens (including phenoxy) is 1. The Morgan fingerprint density at radius 2 is 2.10 bits per heavy atom. The minimum atomic E-state index is 0.499. The highest BCUT2D eigenvalue weighted by atomic mass is 32.2. The molecule has 1 saturated heterocycles. The van der Waals surface area contributed by atoms with Crippen LogP contribution in [0.15, 0.2) is 18.2 Å². The van der Waals surface area contributed by atoms with Gasteiger partial charge in [-0.2, -0.15) is 23.5 Å². The van der Waals surface area contributed by atoms with Gasteiger partial charge in [-0.1, -0.05) is 24.6 Å². The zero-order valence-corrected chi connectivity index (χ0v) is 14.4. The topological polar surface area (TPSA) is 21.3 Å². The summed E-state index contributed by atoms with van der Waals surface area (Å²) in [6.45, 7) is 4.50. The van der Waals surface area contributed by atoms with E-state index in [1.54, 1.807) is 7.11 Å². The summed E-state index contributed by atoms with van der Waals surface area (Å²) in [4.78, 5) is 0. The Balaban J connectivity index is 2.15. The summed E-state index contributed by atoms with van der Waals surface area (Å²) in [7, 11) is 3.84. The zero-order valence-electron chi connectivity index (χ0n) is 12.8. The van der Waals surface area contributed by atoms with Gasteiger partial charge in [0.05, 0.1) is 7.11 Å². The molecule has 1 aliphatic heterocycles. The number of methoxy groups -OCH3 is 1. The Morgan fingerprint density at radius 3 is 2.75 bits per heavy atom. The van der Waals surface area contributed by atoms with Crippen molar-refractivity contribution >= 4 is 23.5 Å². The van der Waals surface area contributed by atoms with E-state index in [4.69, 9.17) is 4.74 Å². The maximum Gasteiger partial charge on any atom is 0.122 e. The molecule has 0 aromatic heterocycles. The van der Waals surface area contributed by atoms with Gasteiger partial charge in [0.2, 0.25) is 0 Å². The monoisotopic (exact) mass is 311 g/mol. The van der Waals surface area contributed by atoms with Crippen molar-refractivity contribution < 1.29 is 4.74 Å². The fourth-order valence-corrected chi connectivity index (χ4v) is 5.78. The van der Waals surface area contributed by atoms with Crippen molar-refractivity contribution in [3.8, 4) is 5.75 Å². The second kappa shape index (κ2) is 7.62. The molecule has 3 unspecified atom stereocenters. The molecule has 2 nitrogen and oxygen atoms in total. The van der Waals surface area contributed by atoms with E-state index in [9.17, 15) is 0 Å². The third kappa shape index (κ3) is 3.86. The molecule has 1 aromatic rings. The summed E-state index contributed by atoms with van der Waals surface area (Å²) in [5, 5.41) is 4.91. The minimum absolute atomic E-state index is 0.499. The molecular formula is C16H25NOS2. The molecule has 0 bridgehead atoms. The van der Waals surface area contributed by atoms with Crippen LogP contribution in [-0.2, 0) is 6.42 Å². The van der Waals surface area contributed by atoms with Crippen LogP contribution < -0.4 is 10.1 Å². The predicted molar refractivity (Wildman–Crippen MR) is 92.4 cm³/mol. The van der Waals surface area contributed by atoms with E-state index in [0.29, 0.717) is 16.5 Å². The lowest BCUT2D eigenvalue weighted by Gasteiger charge is -2.34. The molecule has 20 heavy (non-hydrogen) atoms. The van der Waals surface area contributed by atoms with Crippen LogP contribution in [0.4, 0.5) is 0 Å². The van der Waals surface area contributed by atoms with E-state index in [0.717, 1.165) is 12.2 Å². The van der Waals surface area contributed by atoms with Crippen molar-refractivity contribution in [1.82, 2.24) is 5.32 Å². The van der Waals surface area contributed by atoms with E-state index < -0.39 is 0 Å². The van der Waals surface area contributed by atoms with Crippen molar-refractivity contribution in [2.75, 3.05) is 25.7 Å². The molecular weight excluding hydrogens is 286 g/mol. The first-order valence-electron chi connectivity index (χ1n) is 7.19. The average Bonchev–Trinajstić information content (AvgIpc) is 2.46. The van der Waals surface area contributed by atoms with Crippen molar-refractivity contribution in [3.05, 3.63) is 29.3 Å². The summed E-state index contributed by atoms with van der Waals surface area (Å²) in [6.07, 6.45) is 1.03. The number of nitrogens with one attached hydrogen (secondary N) is 1. The highest BCUT2D eigenvalue weighted by molar-refractivity contribution is 8.07. The van der Waals surface area contributed by atoms with Gasteiger partial charge in [0.25, 0.3) is 0 Å². The number of hydrogen-bond acceptors (Lipinski definition) is 4. The third-order valence-electron chi connectivity index (χ3n) is 3.88. The van der Waals surface area contributed by atoms with Crippen LogP contribution in [-0.4, -0.2) is 42.2 Å². The van der Waals surface area contributed by atoms with Gasteiger partial charge in [-0.05, 0) is 32.0 Å². The normalized spacial score (nSPS) is 24.4. The van der Waals surface area contributed by atoms with Crippen LogP contribution in [0.2, 0.25) is 0 Å². The number of likely N-dealkylation sites (N-methyl/N-ethyl adjacent to an activating group) is 1. The Labute approximate surface area is 131 Å². The maximum atomic E-state index is 5.52. The zero-order chi connectivity index (χ0) is 14.5. The quantitative estimate of drug-likeness (QED) is 0.899. The molecule has 1 fully saturated rings. The first-order chi connectivity index (χ1) is 9.65. The van der Waals surface area contributed by atoms with E-state index >= 15 is 0 Å². The number of benzene rings is 1. The van der Waals surface area contributed by atoms with Crippen LogP contribution in [0.1, 0.15) is 18.1 Å². The van der Waals surface area contributed by atoms with Crippen LogP contribution >= 0.6 is 23.5 Å². The molecule has 4 heteroatoms. The van der Waals surface area contributed by atoms with Crippen LogP contribution in [0, 0.1) is 6.92 Å². The van der Waals surface area contributed by atoms with Gasteiger partial charge >= 0.3 is 0 Å². The molecule has 0 amide bonds. The third-order valence-corrected chi connectivity index (χ3v) is 7.13. The van der Waals surface area contributed by atoms with Gasteiger partial charge in [-0.15, -0.1) is 0 Å². The summed E-state index contributed by atoms with van der Waals surface area (Å²) in [6, 6.07) is 6.96. The van der Waals surface area contributed by atoms with Crippen LogP contribution in [0.25, 0.3) is 0 Å². The van der Waals surface area contributed by atoms with E-state index in [-0.39, 0.29) is 0 Å². The number of thioether (sulfide) groups is 2. The van der Waals surface area contributed by atoms with E-state index in [2.05, 4.69) is 67.9 Å². The molecule has 0 radical (unpaired) electrons. The molecule has 0 spiro atoms. The standard InChI is InChI=1S/C16H25NOS2/c1-11-5-6-15(18-4)13(9-11)10-14(17-3)16-12(2)19-7-8-20-16/h5-6,9,12,14,16-17H,7-8,10H2,1-4H3. The first-order valence-corrected chi connectivity index (χ1v) is 9.29. The SMILES string of the molecule is CNC(Cc1cc(C)ccc1OC)C1SCCSC1C. The minimum Gasteiger partial charge on any atom is -0.496 e. The molecule has 0 saturated carbocycles. The predicted octanol–water partition coefficient (Wildman–Crippen LogP) is 3.37. The summed E-state index contributed by atoms with van der Waals surface area (Å²) in [5.41, 5.74) is 2.62. The lowest BCUT2D eigenvalue weighted by Crippen LogP contribution is -2.44. The lowest BCUT2D eigenvalue weighted by atomic mass is 9.99. The van der Waals surface area contributed by atoms with Gasteiger partial charge in [0.1, 0.15) is 5.75 Å². The molecule has 1 aromatic carbocycles. The van der Waals surface area contributed by atoms with Gasteiger partial charge in [-0.3, -0.25) is 0 Å². The molecule has 0 aliphatic carbocycles. The molecule has 3 atom stereocenters. The average molecular weight is 312 g/mol. The molecule has 112 valence electrons. The highest BCUT2D eigenvalue weighted by Gasteiger charge is 2.30. The van der Waals surface area contributed by atoms with Crippen LogP contribution in [0.3, 0.4) is 0 Å². The number of rotatable bonds is 5. The van der Waals surface area contributed by atoms with Crippen LogP contribution in [0.5, 0.6) is 5.75 Å². The fraction of sp³-hybridized carbons (Fsp3) is 0.625. The summed E-state index contributed by atoms with van der Waals surface area (Å²) >= 11 is 4.22. The Bertz CT molecular complexity index is 438. The second-order valence-electron chi connectivity index (χ2n) is 5.33. The second-order valence-corrected chi connectivity index (χ2v) is 8.10. The van der Waals surface area contributed by atoms with Gasteiger partial charge in [0.15, 0.2) is 0 Å². The lowest BCUT2D eigenvalue weighted by molar-refractivity contribution is 0.405. The van der Waals surface area contributed by atoms with Crippen molar-refractivity contribution in [2.45, 2.75) is 36.8 Å². The van der Waals surface area contributed by atoms with Gasteiger partial charge in [0, 0.05) is 28.0 Å². The summed E-state index contributed by atoms with van der Waals surface area (Å²) in [5.74, 6) is 3.56. The summed E-state index contributed by atoms with van der Waals surface area (Å²) < 4.78 is 5.52. The van der Waals surface area contributed by atoms with Crippen molar-refractivity contribution in [2.24, 2.45) is 0 Å². The number of aryl methyl sites for hydroxylation is 1. The van der Waals surface area contributed by atoms with E-state index in [1.165, 1.54) is 22.6 Å². The first kappa shape index (κ1) is 16.1. The van der Waals surface area contributed by atoms with Crippen molar-refractivity contribution in [1.29, 1.82) is 0 Å². The highest BCUT2D eigenvalue weighted by Crippen LogP contribution is 2.34. The van der Waals surface area contributed by atoms with Gasteiger partial charge < -0.3 is 10.1 Å². The van der Waals surface area contributed by atoms with Gasteiger partial charge in [-0.25, -0.2) is 0 Å². The Morgan fingerprint density at radius 1 is 1.35 bits per heavy atom. The molecule has 1 N–H and O–H groups in total. The largest absolute Gasteiger partial charge is 0.496 e. The molecule has 1 heterocycles. The smallest absolute Gasteiger partial charge is 0.122 e. The van der Waals surface area contributed by atoms with Crippen molar-refractivity contribution in [3.63, 3.8) is 0 Å². The molecule has 1 aliphatic rings. The Hall–Kier alpha value is -0.320. The maximum absolute atomic E-state index is 5.52. The number of hydrogen-bond donors (Lipinski definition) is 1.